The van der Waals surface area contributed by atoms with Crippen LogP contribution in [0.3, 0.4) is 0 Å². The molecule has 2 fully saturated rings. The van der Waals surface area contributed by atoms with Gasteiger partial charge in [0.1, 0.15) is 17.4 Å². The number of methoxy groups -OCH3 is 1. The van der Waals surface area contributed by atoms with Crippen molar-refractivity contribution in [3.05, 3.63) is 59.7 Å². The van der Waals surface area contributed by atoms with Crippen LogP contribution in [0.1, 0.15) is 18.4 Å². The summed E-state index contributed by atoms with van der Waals surface area (Å²) in [6.45, 7) is 1.71. The molecule has 2 aliphatic heterocycles. The Kier molecular flexibility index (Phi) is 7.09. The van der Waals surface area contributed by atoms with Crippen molar-refractivity contribution in [2.24, 2.45) is 5.92 Å². The van der Waals surface area contributed by atoms with Crippen molar-refractivity contribution in [2.75, 3.05) is 44.7 Å². The Morgan fingerprint density at radius 3 is 2.32 bits per heavy atom. The lowest BCUT2D eigenvalue weighted by molar-refractivity contribution is -0.142. The Labute approximate surface area is 196 Å². The highest BCUT2D eigenvalue weighted by Gasteiger charge is 2.39. The van der Waals surface area contributed by atoms with Crippen LogP contribution in [0, 0.1) is 17.6 Å². The Morgan fingerprint density at radius 1 is 1.00 bits per heavy atom. The van der Waals surface area contributed by atoms with E-state index in [1.807, 2.05) is 24.3 Å². The molecular formula is C25H27F2N3O4. The zero-order valence-electron chi connectivity index (χ0n) is 19.0. The van der Waals surface area contributed by atoms with Crippen molar-refractivity contribution >= 4 is 23.4 Å². The van der Waals surface area contributed by atoms with Gasteiger partial charge in [-0.15, -0.1) is 0 Å². The van der Waals surface area contributed by atoms with Gasteiger partial charge in [-0.2, -0.15) is 0 Å². The van der Waals surface area contributed by atoms with Gasteiger partial charge in [-0.05, 0) is 36.2 Å². The number of aryl methyl sites for hydroxylation is 1. The van der Waals surface area contributed by atoms with E-state index in [1.165, 1.54) is 11.0 Å². The van der Waals surface area contributed by atoms with Crippen LogP contribution in [0.25, 0.3) is 0 Å². The molecule has 2 saturated heterocycles. The molecule has 0 spiro atoms. The first-order valence-electron chi connectivity index (χ1n) is 11.3. The van der Waals surface area contributed by atoms with Gasteiger partial charge in [-0.1, -0.05) is 12.1 Å². The van der Waals surface area contributed by atoms with E-state index in [1.54, 1.807) is 16.9 Å². The highest BCUT2D eigenvalue weighted by Crippen LogP contribution is 2.29. The van der Waals surface area contributed by atoms with Gasteiger partial charge in [-0.25, -0.2) is 8.78 Å². The van der Waals surface area contributed by atoms with Gasteiger partial charge in [0.25, 0.3) is 0 Å². The maximum Gasteiger partial charge on any atom is 0.228 e. The Morgan fingerprint density at radius 2 is 1.68 bits per heavy atom. The van der Waals surface area contributed by atoms with Crippen LogP contribution in [-0.4, -0.2) is 67.4 Å². The van der Waals surface area contributed by atoms with Gasteiger partial charge in [-0.3, -0.25) is 14.4 Å². The molecule has 9 heteroatoms. The molecule has 1 unspecified atom stereocenters. The fraction of sp³-hybridized carbons (Fsp3) is 0.400. The Bertz CT molecular complexity index is 1070. The SMILES string of the molecule is COc1ccc(CCC(=O)N2CCN(C(=O)C3CC(=O)N(c4ccc(F)cc4F)C3)CC2)cc1. The van der Waals surface area contributed by atoms with Crippen molar-refractivity contribution in [3.8, 4) is 5.75 Å². The van der Waals surface area contributed by atoms with Gasteiger partial charge in [0.05, 0.1) is 18.7 Å². The van der Waals surface area contributed by atoms with Crippen LogP contribution in [0.2, 0.25) is 0 Å². The second-order valence-electron chi connectivity index (χ2n) is 8.56. The van der Waals surface area contributed by atoms with Crippen molar-refractivity contribution in [1.29, 1.82) is 0 Å². The minimum atomic E-state index is -0.830. The minimum Gasteiger partial charge on any atom is -0.497 e. The topological polar surface area (TPSA) is 70.2 Å². The second kappa shape index (κ2) is 10.2. The summed E-state index contributed by atoms with van der Waals surface area (Å²) in [5.41, 5.74) is 1.03. The molecule has 0 aliphatic carbocycles. The van der Waals surface area contributed by atoms with Crippen LogP contribution >= 0.6 is 0 Å². The molecule has 0 saturated carbocycles. The standard InChI is InChI=1S/C25H27F2N3O4/c1-34-20-6-2-17(3-7-20)4-9-23(31)28-10-12-29(13-11-28)25(33)18-14-24(32)30(16-18)22-8-5-19(26)15-21(22)27/h2-3,5-8,15,18H,4,9-14,16H2,1H3. The highest BCUT2D eigenvalue weighted by molar-refractivity contribution is 6.00. The molecule has 2 aromatic rings. The molecule has 34 heavy (non-hydrogen) atoms. The summed E-state index contributed by atoms with van der Waals surface area (Å²) in [6.07, 6.45) is 0.994. The lowest BCUT2D eigenvalue weighted by Crippen LogP contribution is -2.52. The van der Waals surface area contributed by atoms with Gasteiger partial charge in [0, 0.05) is 51.6 Å². The number of rotatable bonds is 6. The van der Waals surface area contributed by atoms with Crippen LogP contribution in [0.15, 0.2) is 42.5 Å². The van der Waals surface area contributed by atoms with E-state index in [-0.39, 0.29) is 36.4 Å². The number of nitrogens with zero attached hydrogens (tertiary/aromatic N) is 3. The Balaban J connectivity index is 1.27. The van der Waals surface area contributed by atoms with E-state index in [4.69, 9.17) is 4.74 Å². The lowest BCUT2D eigenvalue weighted by atomic mass is 10.1. The largest absolute Gasteiger partial charge is 0.497 e. The summed E-state index contributed by atoms with van der Waals surface area (Å²) in [6, 6.07) is 10.6. The maximum atomic E-state index is 14.1. The Hall–Kier alpha value is -3.49. The lowest BCUT2D eigenvalue weighted by Gasteiger charge is -2.36. The van der Waals surface area contributed by atoms with Crippen molar-refractivity contribution in [2.45, 2.75) is 19.3 Å². The minimum absolute atomic E-state index is 0.0172. The molecule has 2 heterocycles. The number of halogens is 2. The second-order valence-corrected chi connectivity index (χ2v) is 8.56. The quantitative estimate of drug-likeness (QED) is 0.650. The first kappa shape index (κ1) is 23.7. The molecule has 180 valence electrons. The number of piperazine rings is 1. The molecule has 2 aliphatic rings. The average molecular weight is 472 g/mol. The molecular weight excluding hydrogens is 444 g/mol. The smallest absolute Gasteiger partial charge is 0.228 e. The summed E-state index contributed by atoms with van der Waals surface area (Å²) >= 11 is 0. The van der Waals surface area contributed by atoms with Crippen LogP contribution in [0.4, 0.5) is 14.5 Å². The number of hydrogen-bond donors (Lipinski definition) is 0. The third-order valence-electron chi connectivity index (χ3n) is 6.41. The molecule has 2 aromatic carbocycles. The van der Waals surface area contributed by atoms with E-state index in [2.05, 4.69) is 0 Å². The summed E-state index contributed by atoms with van der Waals surface area (Å²) in [4.78, 5) is 42.6. The number of benzene rings is 2. The predicted octanol–water partition coefficient (Wildman–Crippen LogP) is 2.63. The molecule has 0 bridgehead atoms. The third-order valence-corrected chi connectivity index (χ3v) is 6.41. The van der Waals surface area contributed by atoms with Crippen molar-refractivity contribution in [3.63, 3.8) is 0 Å². The number of carbonyl (C=O) groups excluding carboxylic acids is 3. The molecule has 0 N–H and O–H groups in total. The molecule has 0 radical (unpaired) electrons. The van der Waals surface area contributed by atoms with Gasteiger partial charge in [0.15, 0.2) is 0 Å². The molecule has 0 aromatic heterocycles. The zero-order valence-corrected chi connectivity index (χ0v) is 19.0. The first-order valence-corrected chi connectivity index (χ1v) is 11.3. The summed E-state index contributed by atoms with van der Waals surface area (Å²) in [5, 5.41) is 0. The highest BCUT2D eigenvalue weighted by atomic mass is 19.1. The molecule has 4 rings (SSSR count). The predicted molar refractivity (Wildman–Crippen MR) is 121 cm³/mol. The number of ether oxygens (including phenoxy) is 1. The van der Waals surface area contributed by atoms with Crippen LogP contribution in [0.5, 0.6) is 5.75 Å². The van der Waals surface area contributed by atoms with Crippen LogP contribution in [-0.2, 0) is 20.8 Å². The zero-order chi connectivity index (χ0) is 24.2. The average Bonchev–Trinajstić information content (AvgIpc) is 3.23. The van der Waals surface area contributed by atoms with Gasteiger partial charge >= 0.3 is 0 Å². The number of amides is 3. The maximum absolute atomic E-state index is 14.1. The summed E-state index contributed by atoms with van der Waals surface area (Å²) < 4.78 is 32.4. The fourth-order valence-corrected chi connectivity index (χ4v) is 4.44. The van der Waals surface area contributed by atoms with Gasteiger partial charge < -0.3 is 19.4 Å². The van der Waals surface area contributed by atoms with Crippen LogP contribution < -0.4 is 9.64 Å². The fourth-order valence-electron chi connectivity index (χ4n) is 4.44. The van der Waals surface area contributed by atoms with Crippen molar-refractivity contribution in [1.82, 2.24) is 9.80 Å². The normalized spacial score (nSPS) is 18.4. The van der Waals surface area contributed by atoms with E-state index in [0.717, 1.165) is 23.4 Å². The summed E-state index contributed by atoms with van der Waals surface area (Å²) in [5.74, 6) is -1.88. The number of hydrogen-bond acceptors (Lipinski definition) is 4. The monoisotopic (exact) mass is 471 g/mol. The number of carbonyl (C=O) groups is 3. The van der Waals surface area contributed by atoms with Crippen molar-refractivity contribution < 1.29 is 27.9 Å². The van der Waals surface area contributed by atoms with Gasteiger partial charge in [0.2, 0.25) is 17.7 Å². The third kappa shape index (κ3) is 5.18. The molecule has 1 atom stereocenters. The molecule has 3 amide bonds. The molecule has 7 nitrogen and oxygen atoms in total. The first-order chi connectivity index (χ1) is 16.4. The van der Waals surface area contributed by atoms with E-state index in [0.29, 0.717) is 39.0 Å². The van der Waals surface area contributed by atoms with E-state index < -0.39 is 17.6 Å². The summed E-state index contributed by atoms with van der Waals surface area (Å²) in [7, 11) is 1.61. The van der Waals surface area contributed by atoms with E-state index >= 15 is 0 Å². The van der Waals surface area contributed by atoms with E-state index in [9.17, 15) is 23.2 Å². The number of anilines is 1.